The first-order valence-corrected chi connectivity index (χ1v) is 10.5. The van der Waals surface area contributed by atoms with Gasteiger partial charge in [-0.15, -0.1) is 0 Å². The van der Waals surface area contributed by atoms with Crippen molar-refractivity contribution in [3.63, 3.8) is 0 Å². The molecule has 3 N–H and O–H groups in total. The fourth-order valence-electron chi connectivity index (χ4n) is 3.15. The van der Waals surface area contributed by atoms with Crippen molar-refractivity contribution in [2.24, 2.45) is 0 Å². The van der Waals surface area contributed by atoms with Crippen molar-refractivity contribution >= 4 is 32.6 Å². The SMILES string of the molecule is O=S1(=O)CCC[C@H]1Nc1nc(NCCO)c2cnn(-c3ccc(F)cc3)c2n1. The van der Waals surface area contributed by atoms with E-state index in [1.54, 1.807) is 18.3 Å². The van der Waals surface area contributed by atoms with Gasteiger partial charge in [-0.05, 0) is 37.1 Å². The standard InChI is InChI=1S/C17H19FN6O3S/c18-11-3-5-12(6-4-11)24-16-13(10-20-24)15(19-7-8-25)22-17(23-16)21-14-2-1-9-28(14,26)27/h3-6,10,14,25H,1-2,7-9H2,(H2,19,21,22,23)/t14-/m0/s1. The van der Waals surface area contributed by atoms with Crippen LogP contribution in [0.15, 0.2) is 30.5 Å². The van der Waals surface area contributed by atoms with Crippen LogP contribution >= 0.6 is 0 Å². The van der Waals surface area contributed by atoms with E-state index in [4.69, 9.17) is 5.11 Å². The summed E-state index contributed by atoms with van der Waals surface area (Å²) in [4.78, 5) is 8.82. The second kappa shape index (κ2) is 7.32. The number of fused-ring (bicyclic) bond motifs is 1. The number of anilines is 2. The highest BCUT2D eigenvalue weighted by Gasteiger charge is 2.32. The lowest BCUT2D eigenvalue weighted by Gasteiger charge is -2.14. The number of sulfone groups is 1. The number of benzene rings is 1. The molecule has 0 spiro atoms. The van der Waals surface area contributed by atoms with Crippen molar-refractivity contribution in [3.8, 4) is 5.69 Å². The molecule has 0 amide bonds. The zero-order valence-electron chi connectivity index (χ0n) is 14.8. The summed E-state index contributed by atoms with van der Waals surface area (Å²) in [5.41, 5.74) is 1.03. The number of hydrogen-bond donors (Lipinski definition) is 3. The van der Waals surface area contributed by atoms with Gasteiger partial charge in [0.25, 0.3) is 0 Å². The van der Waals surface area contributed by atoms with Gasteiger partial charge < -0.3 is 15.7 Å². The third-order valence-corrected chi connectivity index (χ3v) is 6.60. The fraction of sp³-hybridized carbons (Fsp3) is 0.353. The molecule has 1 saturated heterocycles. The Morgan fingerprint density at radius 2 is 2.04 bits per heavy atom. The fourth-order valence-corrected chi connectivity index (χ4v) is 4.81. The number of nitrogens with zero attached hydrogens (tertiary/aromatic N) is 4. The number of nitrogens with one attached hydrogen (secondary N) is 2. The summed E-state index contributed by atoms with van der Waals surface area (Å²) in [6.07, 6.45) is 2.64. The third-order valence-electron chi connectivity index (χ3n) is 4.52. The van der Waals surface area contributed by atoms with E-state index in [2.05, 4.69) is 25.7 Å². The maximum absolute atomic E-state index is 13.3. The molecule has 0 radical (unpaired) electrons. The van der Waals surface area contributed by atoms with Crippen LogP contribution in [0, 0.1) is 5.82 Å². The van der Waals surface area contributed by atoms with E-state index in [0.29, 0.717) is 35.4 Å². The van der Waals surface area contributed by atoms with Gasteiger partial charge in [-0.1, -0.05) is 0 Å². The van der Waals surface area contributed by atoms with Crippen molar-refractivity contribution in [2.75, 3.05) is 29.5 Å². The highest BCUT2D eigenvalue weighted by molar-refractivity contribution is 7.92. The van der Waals surface area contributed by atoms with E-state index in [0.717, 1.165) is 0 Å². The maximum Gasteiger partial charge on any atom is 0.227 e. The molecular formula is C17H19FN6O3S. The Bertz CT molecular complexity index is 1100. The lowest BCUT2D eigenvalue weighted by Crippen LogP contribution is -2.26. The molecule has 0 unspecified atom stereocenters. The second-order valence-electron chi connectivity index (χ2n) is 6.46. The maximum atomic E-state index is 13.3. The number of aromatic nitrogens is 4. The van der Waals surface area contributed by atoms with Crippen LogP contribution in [0.2, 0.25) is 0 Å². The summed E-state index contributed by atoms with van der Waals surface area (Å²) in [5.74, 6) is 0.335. The molecule has 1 atom stereocenters. The smallest absolute Gasteiger partial charge is 0.227 e. The molecule has 4 rings (SSSR count). The molecule has 1 fully saturated rings. The first-order valence-electron chi connectivity index (χ1n) is 8.82. The van der Waals surface area contributed by atoms with Gasteiger partial charge in [0.05, 0.1) is 29.6 Å². The quantitative estimate of drug-likeness (QED) is 0.560. The Balaban J connectivity index is 1.79. The average Bonchev–Trinajstić information content (AvgIpc) is 3.24. The molecule has 3 aromatic rings. The topological polar surface area (TPSA) is 122 Å². The van der Waals surface area contributed by atoms with Crippen molar-refractivity contribution in [2.45, 2.75) is 18.2 Å². The molecule has 9 nitrogen and oxygen atoms in total. The molecule has 1 aliphatic heterocycles. The van der Waals surface area contributed by atoms with Gasteiger partial charge in [0.1, 0.15) is 17.0 Å². The molecule has 1 aliphatic rings. The minimum Gasteiger partial charge on any atom is -0.395 e. The average molecular weight is 406 g/mol. The van der Waals surface area contributed by atoms with Gasteiger partial charge in [0.15, 0.2) is 15.5 Å². The zero-order chi connectivity index (χ0) is 19.7. The van der Waals surface area contributed by atoms with Gasteiger partial charge in [-0.2, -0.15) is 15.1 Å². The van der Waals surface area contributed by atoms with E-state index < -0.39 is 15.2 Å². The summed E-state index contributed by atoms with van der Waals surface area (Å²) >= 11 is 0. The Labute approximate surface area is 160 Å². The summed E-state index contributed by atoms with van der Waals surface area (Å²) in [5, 5.41) is 19.2. The molecule has 0 bridgehead atoms. The first kappa shape index (κ1) is 18.6. The predicted molar refractivity (Wildman–Crippen MR) is 103 cm³/mol. The largest absolute Gasteiger partial charge is 0.395 e. The summed E-state index contributed by atoms with van der Waals surface area (Å²) in [6, 6.07) is 5.77. The van der Waals surface area contributed by atoms with Crippen molar-refractivity contribution in [1.29, 1.82) is 0 Å². The van der Waals surface area contributed by atoms with E-state index in [1.807, 2.05) is 0 Å². The normalized spacial score (nSPS) is 18.4. The van der Waals surface area contributed by atoms with Crippen molar-refractivity contribution < 1.29 is 17.9 Å². The molecule has 0 saturated carbocycles. The third kappa shape index (κ3) is 3.50. The number of hydrogen-bond acceptors (Lipinski definition) is 8. The summed E-state index contributed by atoms with van der Waals surface area (Å²) in [6.45, 7) is 0.159. The lowest BCUT2D eigenvalue weighted by atomic mass is 10.3. The minimum atomic E-state index is -3.24. The highest BCUT2D eigenvalue weighted by atomic mass is 32.2. The van der Waals surface area contributed by atoms with E-state index >= 15 is 0 Å². The first-order chi connectivity index (χ1) is 13.5. The summed E-state index contributed by atoms with van der Waals surface area (Å²) in [7, 11) is -3.24. The molecule has 28 heavy (non-hydrogen) atoms. The Morgan fingerprint density at radius 3 is 2.71 bits per heavy atom. The monoisotopic (exact) mass is 406 g/mol. The predicted octanol–water partition coefficient (Wildman–Crippen LogP) is 1.31. The van der Waals surface area contributed by atoms with Gasteiger partial charge in [0.2, 0.25) is 5.95 Å². The lowest BCUT2D eigenvalue weighted by molar-refractivity contribution is 0.311. The highest BCUT2D eigenvalue weighted by Crippen LogP contribution is 2.26. The van der Waals surface area contributed by atoms with E-state index in [1.165, 1.54) is 16.8 Å². The van der Waals surface area contributed by atoms with Gasteiger partial charge in [-0.3, -0.25) is 0 Å². The molecule has 1 aromatic carbocycles. The van der Waals surface area contributed by atoms with Gasteiger partial charge in [0, 0.05) is 6.54 Å². The number of aliphatic hydroxyl groups excluding tert-OH is 1. The van der Waals surface area contributed by atoms with Gasteiger partial charge >= 0.3 is 0 Å². The van der Waals surface area contributed by atoms with Crippen LogP contribution in [0.3, 0.4) is 0 Å². The summed E-state index contributed by atoms with van der Waals surface area (Å²) < 4.78 is 39.1. The molecule has 3 heterocycles. The Hall–Kier alpha value is -2.79. The van der Waals surface area contributed by atoms with E-state index in [-0.39, 0.29) is 30.7 Å². The van der Waals surface area contributed by atoms with E-state index in [9.17, 15) is 12.8 Å². The number of aliphatic hydroxyl groups is 1. The van der Waals surface area contributed by atoms with Crippen molar-refractivity contribution in [3.05, 3.63) is 36.3 Å². The van der Waals surface area contributed by atoms with Crippen LogP contribution < -0.4 is 10.6 Å². The van der Waals surface area contributed by atoms with Crippen LogP contribution in [0.4, 0.5) is 16.2 Å². The molecule has 11 heteroatoms. The Kier molecular flexibility index (Phi) is 4.85. The van der Waals surface area contributed by atoms with Crippen LogP contribution in [-0.4, -0.2) is 57.6 Å². The van der Waals surface area contributed by atoms with Crippen LogP contribution in [-0.2, 0) is 9.84 Å². The second-order valence-corrected chi connectivity index (χ2v) is 8.76. The number of halogens is 1. The molecular weight excluding hydrogens is 387 g/mol. The van der Waals surface area contributed by atoms with Crippen LogP contribution in [0.5, 0.6) is 0 Å². The van der Waals surface area contributed by atoms with Crippen LogP contribution in [0.25, 0.3) is 16.7 Å². The molecule has 0 aliphatic carbocycles. The Morgan fingerprint density at radius 1 is 1.25 bits per heavy atom. The van der Waals surface area contributed by atoms with Gasteiger partial charge in [-0.25, -0.2) is 17.5 Å². The molecule has 2 aromatic heterocycles. The van der Waals surface area contributed by atoms with Crippen molar-refractivity contribution in [1.82, 2.24) is 19.7 Å². The minimum absolute atomic E-state index is 0.0998. The van der Waals surface area contributed by atoms with Crippen LogP contribution in [0.1, 0.15) is 12.8 Å². The number of rotatable bonds is 6. The zero-order valence-corrected chi connectivity index (χ0v) is 15.7. The molecule has 148 valence electrons.